The molecule has 0 spiro atoms. The summed E-state index contributed by atoms with van der Waals surface area (Å²) in [6.45, 7) is 8.09. The van der Waals surface area contributed by atoms with Gasteiger partial charge in [0.25, 0.3) is 0 Å². The van der Waals surface area contributed by atoms with Gasteiger partial charge in [0.1, 0.15) is 5.60 Å². The smallest absolute Gasteiger partial charge is 0.410 e. The van der Waals surface area contributed by atoms with Gasteiger partial charge in [-0.1, -0.05) is 0 Å². The number of hydrogen-bond acceptors (Lipinski definition) is 3. The van der Waals surface area contributed by atoms with Crippen LogP contribution < -0.4 is 0 Å². The van der Waals surface area contributed by atoms with E-state index < -0.39 is 5.60 Å². The molecule has 0 atom stereocenters. The fraction of sp³-hybridized carbons (Fsp3) is 0.889. The number of carbonyl (C=O) groups excluding carboxylic acids is 1. The second-order valence-corrected chi connectivity index (χ2v) is 4.08. The molecule has 0 aromatic heterocycles. The van der Waals surface area contributed by atoms with Crippen molar-refractivity contribution in [3.8, 4) is 0 Å². The Hall–Kier alpha value is -0.480. The molecule has 0 bridgehead atoms. The summed E-state index contributed by atoms with van der Waals surface area (Å²) in [6.07, 6.45) is -0.240. The minimum atomic E-state index is -0.407. The maximum Gasteiger partial charge on any atom is 0.410 e. The molecule has 1 amide bonds. The van der Waals surface area contributed by atoms with Crippen LogP contribution in [0.5, 0.6) is 0 Å². The van der Waals surface area contributed by atoms with E-state index in [1.54, 1.807) is 4.90 Å². The van der Waals surface area contributed by atoms with Crippen LogP contribution in [0.15, 0.2) is 0 Å². The van der Waals surface area contributed by atoms with Gasteiger partial charge < -0.3 is 14.4 Å². The lowest BCUT2D eigenvalue weighted by atomic mass is 10.2. The lowest BCUT2D eigenvalue weighted by Crippen LogP contribution is -2.43. The van der Waals surface area contributed by atoms with Crippen LogP contribution in [0.1, 0.15) is 20.8 Å². The van der Waals surface area contributed by atoms with Crippen molar-refractivity contribution < 1.29 is 14.3 Å². The highest BCUT2D eigenvalue weighted by Crippen LogP contribution is 2.10. The fourth-order valence-electron chi connectivity index (χ4n) is 1.07. The van der Waals surface area contributed by atoms with E-state index in [0.717, 1.165) is 0 Å². The maximum atomic E-state index is 11.5. The lowest BCUT2D eigenvalue weighted by molar-refractivity contribution is -0.00676. The van der Waals surface area contributed by atoms with Crippen molar-refractivity contribution in [3.63, 3.8) is 0 Å². The Kier molecular flexibility index (Phi) is 5.23. The number of hydrogen-bond donors (Lipinski definition) is 0. The molecule has 1 aliphatic heterocycles. The van der Waals surface area contributed by atoms with Gasteiger partial charge in [-0.3, -0.25) is 0 Å². The first kappa shape index (κ1) is 13.5. The molecule has 84 valence electrons. The molecular weight excluding hydrogens is 206 g/mol. The van der Waals surface area contributed by atoms with Gasteiger partial charge in [-0.2, -0.15) is 0 Å². The van der Waals surface area contributed by atoms with Gasteiger partial charge in [0.2, 0.25) is 0 Å². The van der Waals surface area contributed by atoms with Crippen LogP contribution >= 0.6 is 12.4 Å². The van der Waals surface area contributed by atoms with Crippen LogP contribution in [-0.2, 0) is 9.47 Å². The van der Waals surface area contributed by atoms with Crippen LogP contribution in [0.2, 0.25) is 0 Å². The first-order chi connectivity index (χ1) is 5.99. The second kappa shape index (κ2) is 5.41. The SMILES string of the molecule is CC(C)(C)OC(=O)N1CCOCC1.Cl. The number of ether oxygens (including phenoxy) is 2. The molecule has 1 aliphatic rings. The number of carbonyl (C=O) groups is 1. The van der Waals surface area contributed by atoms with E-state index in [0.29, 0.717) is 26.3 Å². The van der Waals surface area contributed by atoms with E-state index in [4.69, 9.17) is 9.47 Å². The third-order valence-corrected chi connectivity index (χ3v) is 1.66. The van der Waals surface area contributed by atoms with Crippen LogP contribution in [-0.4, -0.2) is 42.9 Å². The molecule has 5 heteroatoms. The van der Waals surface area contributed by atoms with Crippen LogP contribution in [0.25, 0.3) is 0 Å². The van der Waals surface area contributed by atoms with Crippen LogP contribution in [0.4, 0.5) is 4.79 Å². The summed E-state index contributed by atoms with van der Waals surface area (Å²) in [5.41, 5.74) is -0.407. The Morgan fingerprint density at radius 1 is 1.29 bits per heavy atom. The maximum absolute atomic E-state index is 11.5. The molecule has 0 radical (unpaired) electrons. The second-order valence-electron chi connectivity index (χ2n) is 4.08. The zero-order chi connectivity index (χ0) is 9.90. The highest BCUT2D eigenvalue weighted by Gasteiger charge is 2.23. The van der Waals surface area contributed by atoms with E-state index in [-0.39, 0.29) is 18.5 Å². The molecule has 1 fully saturated rings. The third-order valence-electron chi connectivity index (χ3n) is 1.66. The summed E-state index contributed by atoms with van der Waals surface area (Å²) in [4.78, 5) is 13.1. The zero-order valence-corrected chi connectivity index (χ0v) is 9.73. The molecule has 0 aliphatic carbocycles. The summed E-state index contributed by atoms with van der Waals surface area (Å²) in [6, 6.07) is 0. The van der Waals surface area contributed by atoms with Gasteiger partial charge in [0.05, 0.1) is 13.2 Å². The first-order valence-corrected chi connectivity index (χ1v) is 4.55. The predicted molar refractivity (Wildman–Crippen MR) is 55.9 cm³/mol. The molecule has 4 nitrogen and oxygen atoms in total. The highest BCUT2D eigenvalue weighted by atomic mass is 35.5. The summed E-state index contributed by atoms with van der Waals surface area (Å²) >= 11 is 0. The molecule has 0 aromatic rings. The number of halogens is 1. The van der Waals surface area contributed by atoms with Crippen molar-refractivity contribution in [1.29, 1.82) is 0 Å². The molecule has 1 saturated heterocycles. The third kappa shape index (κ3) is 4.67. The van der Waals surface area contributed by atoms with Crippen molar-refractivity contribution >= 4 is 18.5 Å². The van der Waals surface area contributed by atoms with Gasteiger partial charge in [-0.05, 0) is 20.8 Å². The normalized spacial score (nSPS) is 17.2. The van der Waals surface area contributed by atoms with Gasteiger partial charge >= 0.3 is 6.09 Å². The lowest BCUT2D eigenvalue weighted by Gasteiger charge is -2.29. The predicted octanol–water partition coefficient (Wildman–Crippen LogP) is 1.68. The van der Waals surface area contributed by atoms with Crippen LogP contribution in [0.3, 0.4) is 0 Å². The zero-order valence-electron chi connectivity index (χ0n) is 8.91. The van der Waals surface area contributed by atoms with Crippen molar-refractivity contribution in [3.05, 3.63) is 0 Å². The monoisotopic (exact) mass is 223 g/mol. The number of morpholine rings is 1. The molecule has 0 saturated carbocycles. The summed E-state index contributed by atoms with van der Waals surface area (Å²) in [5.74, 6) is 0. The van der Waals surface area contributed by atoms with Crippen molar-refractivity contribution in [2.45, 2.75) is 26.4 Å². The molecule has 1 heterocycles. The largest absolute Gasteiger partial charge is 0.444 e. The van der Waals surface area contributed by atoms with Crippen molar-refractivity contribution in [2.24, 2.45) is 0 Å². The molecule has 1 rings (SSSR count). The molecular formula is C9H18ClNO3. The Bertz CT molecular complexity index is 185. The Balaban J connectivity index is 0.00000169. The van der Waals surface area contributed by atoms with E-state index in [2.05, 4.69) is 0 Å². The molecule has 14 heavy (non-hydrogen) atoms. The summed E-state index contributed by atoms with van der Waals surface area (Å²) in [7, 11) is 0. The van der Waals surface area contributed by atoms with Crippen molar-refractivity contribution in [1.82, 2.24) is 4.90 Å². The first-order valence-electron chi connectivity index (χ1n) is 4.55. The van der Waals surface area contributed by atoms with Gasteiger partial charge in [-0.25, -0.2) is 4.79 Å². The fourth-order valence-corrected chi connectivity index (χ4v) is 1.07. The average Bonchev–Trinajstić information content (AvgIpc) is 2.03. The quantitative estimate of drug-likeness (QED) is 0.627. The van der Waals surface area contributed by atoms with Crippen molar-refractivity contribution in [2.75, 3.05) is 26.3 Å². The number of rotatable bonds is 0. The highest BCUT2D eigenvalue weighted by molar-refractivity contribution is 5.85. The Labute approximate surface area is 91.0 Å². The van der Waals surface area contributed by atoms with Gasteiger partial charge in [0, 0.05) is 13.1 Å². The summed E-state index contributed by atoms with van der Waals surface area (Å²) < 4.78 is 10.3. The van der Waals surface area contributed by atoms with Crippen LogP contribution in [0, 0.1) is 0 Å². The topological polar surface area (TPSA) is 38.8 Å². The number of amides is 1. The molecule has 0 aromatic carbocycles. The standard InChI is InChI=1S/C9H17NO3.ClH/c1-9(2,3)13-8(11)10-4-6-12-7-5-10;/h4-7H2,1-3H3;1H. The summed E-state index contributed by atoms with van der Waals surface area (Å²) in [5, 5.41) is 0. The number of nitrogens with zero attached hydrogens (tertiary/aromatic N) is 1. The molecule has 0 N–H and O–H groups in total. The average molecular weight is 224 g/mol. The minimum absolute atomic E-state index is 0. The van der Waals surface area contributed by atoms with E-state index >= 15 is 0 Å². The molecule has 0 unspecified atom stereocenters. The van der Waals surface area contributed by atoms with E-state index in [9.17, 15) is 4.79 Å². The van der Waals surface area contributed by atoms with Gasteiger partial charge in [0.15, 0.2) is 0 Å². The van der Waals surface area contributed by atoms with E-state index in [1.807, 2.05) is 20.8 Å². The Morgan fingerprint density at radius 2 is 1.79 bits per heavy atom. The van der Waals surface area contributed by atoms with Gasteiger partial charge in [-0.15, -0.1) is 12.4 Å². The van der Waals surface area contributed by atoms with E-state index in [1.165, 1.54) is 0 Å². The Morgan fingerprint density at radius 3 is 2.21 bits per heavy atom. The minimum Gasteiger partial charge on any atom is -0.444 e.